The predicted octanol–water partition coefficient (Wildman–Crippen LogP) is -1.09. The predicted molar refractivity (Wildman–Crippen MR) is 71.5 cm³/mol. The zero-order chi connectivity index (χ0) is 15.1. The average Bonchev–Trinajstić information content (AvgIpc) is 2.41. The van der Waals surface area contributed by atoms with Gasteiger partial charge in [-0.05, 0) is 13.3 Å². The largest absolute Gasteiger partial charge is 0.388 e. The highest BCUT2D eigenvalue weighted by molar-refractivity contribution is 7.45. The lowest BCUT2D eigenvalue weighted by Gasteiger charge is -2.40. The van der Waals surface area contributed by atoms with E-state index in [2.05, 4.69) is 11.8 Å². The summed E-state index contributed by atoms with van der Waals surface area (Å²) in [5, 5.41) is 29.3. The van der Waals surface area contributed by atoms with E-state index in [-0.39, 0.29) is 19.2 Å². The Bertz CT molecular complexity index is 340. The van der Waals surface area contributed by atoms with E-state index >= 15 is 0 Å². The first kappa shape index (κ1) is 17.8. The van der Waals surface area contributed by atoms with E-state index in [4.69, 9.17) is 19.3 Å². The molecule has 0 aromatic carbocycles. The Balaban J connectivity index is 2.53. The van der Waals surface area contributed by atoms with Crippen LogP contribution < -0.4 is 0 Å². The molecular weight excluding hydrogens is 287 g/mol. The maximum absolute atomic E-state index is 9.78. The van der Waals surface area contributed by atoms with Gasteiger partial charge in [0.05, 0.1) is 12.7 Å². The summed E-state index contributed by atoms with van der Waals surface area (Å²) in [7, 11) is -2.09. The third kappa shape index (κ3) is 5.24. The minimum atomic E-state index is -2.09. The second-order valence-corrected chi connectivity index (χ2v) is 5.64. The van der Waals surface area contributed by atoms with E-state index in [1.54, 1.807) is 6.92 Å². The molecule has 0 bridgehead atoms. The smallest absolute Gasteiger partial charge is 0.186 e. The van der Waals surface area contributed by atoms with Gasteiger partial charge in [-0.3, -0.25) is 0 Å². The molecule has 5 N–H and O–H groups in total. The van der Waals surface area contributed by atoms with Crippen molar-refractivity contribution in [2.45, 2.75) is 50.5 Å². The molecule has 0 saturated carbocycles. The van der Waals surface area contributed by atoms with Gasteiger partial charge >= 0.3 is 0 Å². The molecule has 1 aliphatic heterocycles. The maximum Gasteiger partial charge on any atom is 0.186 e. The summed E-state index contributed by atoms with van der Waals surface area (Å²) in [6, 6.07) is 0. The summed E-state index contributed by atoms with van der Waals surface area (Å²) < 4.78 is 10.7. The van der Waals surface area contributed by atoms with Crippen molar-refractivity contribution in [2.75, 3.05) is 12.8 Å². The summed E-state index contributed by atoms with van der Waals surface area (Å²) in [6.07, 6.45) is -5.28. The quantitative estimate of drug-likeness (QED) is 0.240. The lowest BCUT2D eigenvalue weighted by atomic mass is 9.97. The number of aliphatic hydroxyl groups excluding tert-OH is 3. The Morgan fingerprint density at radius 3 is 2.45 bits per heavy atom. The van der Waals surface area contributed by atoms with Crippen LogP contribution in [0.1, 0.15) is 19.8 Å². The first-order valence-corrected chi connectivity index (χ1v) is 7.76. The van der Waals surface area contributed by atoms with Gasteiger partial charge in [0.2, 0.25) is 0 Å². The lowest BCUT2D eigenvalue weighted by Crippen LogP contribution is -2.58. The molecule has 1 rings (SSSR count). The van der Waals surface area contributed by atoms with Crippen LogP contribution in [0.3, 0.4) is 0 Å². The zero-order valence-electron chi connectivity index (χ0n) is 11.2. The molecule has 0 aromatic rings. The monoisotopic (exact) mass is 308 g/mol. The van der Waals surface area contributed by atoms with Crippen molar-refractivity contribution >= 4 is 8.38 Å². The van der Waals surface area contributed by atoms with Crippen LogP contribution in [0, 0.1) is 11.8 Å². The van der Waals surface area contributed by atoms with Gasteiger partial charge in [-0.2, -0.15) is 0 Å². The minimum Gasteiger partial charge on any atom is -0.388 e. The molecule has 0 aliphatic carbocycles. The Labute approximate surface area is 119 Å². The second kappa shape index (κ2) is 8.88. The van der Waals surface area contributed by atoms with Crippen LogP contribution in [0.5, 0.6) is 0 Å². The summed E-state index contributed by atoms with van der Waals surface area (Å²) in [5.74, 6) is 5.48. The van der Waals surface area contributed by atoms with Gasteiger partial charge in [-0.15, -0.1) is 11.8 Å². The Morgan fingerprint density at radius 2 is 1.85 bits per heavy atom. The van der Waals surface area contributed by atoms with Gasteiger partial charge in [-0.1, -0.05) is 0 Å². The van der Waals surface area contributed by atoms with Gasteiger partial charge in [0, 0.05) is 12.6 Å². The van der Waals surface area contributed by atoms with E-state index in [0.29, 0.717) is 6.42 Å². The molecule has 1 heterocycles. The van der Waals surface area contributed by atoms with Crippen molar-refractivity contribution in [3.63, 3.8) is 0 Å². The Kier molecular flexibility index (Phi) is 7.88. The van der Waals surface area contributed by atoms with Crippen molar-refractivity contribution in [1.29, 1.82) is 0 Å². The van der Waals surface area contributed by atoms with Crippen molar-refractivity contribution in [2.24, 2.45) is 0 Å². The number of aliphatic hydroxyl groups is 3. The molecule has 1 fully saturated rings. The SMILES string of the molecule is CC#CCCO[C@H]1OC(CCP(O)O)[C@@H](O)C(O)C1O. The molecular formula is C12H21O7P. The third-order valence-corrected chi connectivity index (χ3v) is 3.63. The van der Waals surface area contributed by atoms with E-state index in [0.717, 1.165) is 0 Å². The average molecular weight is 308 g/mol. The first-order valence-electron chi connectivity index (χ1n) is 6.33. The normalized spacial score (nSPS) is 33.9. The van der Waals surface area contributed by atoms with Crippen molar-refractivity contribution in [1.82, 2.24) is 0 Å². The number of rotatable bonds is 6. The molecule has 1 saturated heterocycles. The minimum absolute atomic E-state index is 0.0495. The maximum atomic E-state index is 9.78. The molecule has 20 heavy (non-hydrogen) atoms. The molecule has 3 unspecified atom stereocenters. The number of hydrogen-bond acceptors (Lipinski definition) is 7. The standard InChI is InChI=1S/C12H21O7P/c1-2-3-4-6-18-12-11(15)10(14)9(13)8(19-12)5-7-20(16)17/h8-17H,4-7H2,1H3/t8?,9-,10?,11?,12+/m1/s1. The first-order chi connectivity index (χ1) is 9.47. The molecule has 1 aliphatic rings. The molecule has 0 amide bonds. The van der Waals surface area contributed by atoms with Gasteiger partial charge in [-0.25, -0.2) is 0 Å². The van der Waals surface area contributed by atoms with Crippen LogP contribution in [0.2, 0.25) is 0 Å². The summed E-state index contributed by atoms with van der Waals surface area (Å²) in [5.41, 5.74) is 0. The van der Waals surface area contributed by atoms with Crippen LogP contribution >= 0.6 is 8.38 Å². The Hall–Kier alpha value is -0.290. The van der Waals surface area contributed by atoms with Crippen LogP contribution in [0.15, 0.2) is 0 Å². The molecule has 0 aromatic heterocycles. The topological polar surface area (TPSA) is 120 Å². The van der Waals surface area contributed by atoms with Gasteiger partial charge in [0.15, 0.2) is 14.7 Å². The summed E-state index contributed by atoms with van der Waals surface area (Å²) in [4.78, 5) is 17.8. The number of hydrogen-bond donors (Lipinski definition) is 5. The molecule has 116 valence electrons. The zero-order valence-corrected chi connectivity index (χ0v) is 12.1. The van der Waals surface area contributed by atoms with Crippen LogP contribution in [-0.2, 0) is 9.47 Å². The fraction of sp³-hybridized carbons (Fsp3) is 0.833. The molecule has 5 atom stereocenters. The van der Waals surface area contributed by atoms with Gasteiger partial charge in [0.25, 0.3) is 0 Å². The van der Waals surface area contributed by atoms with E-state index < -0.39 is 39.1 Å². The highest BCUT2D eigenvalue weighted by Crippen LogP contribution is 2.29. The summed E-state index contributed by atoms with van der Waals surface area (Å²) in [6.45, 7) is 1.93. The highest BCUT2D eigenvalue weighted by Gasteiger charge is 2.44. The molecule has 8 heteroatoms. The molecule has 0 spiro atoms. The number of ether oxygens (including phenoxy) is 2. The fourth-order valence-electron chi connectivity index (χ4n) is 1.89. The van der Waals surface area contributed by atoms with E-state index in [1.807, 2.05) is 0 Å². The van der Waals surface area contributed by atoms with Gasteiger partial charge < -0.3 is 34.6 Å². The van der Waals surface area contributed by atoms with Gasteiger partial charge in [0.1, 0.15) is 18.3 Å². The molecule has 7 nitrogen and oxygen atoms in total. The van der Waals surface area contributed by atoms with Crippen molar-refractivity contribution < 1.29 is 34.6 Å². The van der Waals surface area contributed by atoms with Crippen LogP contribution in [0.4, 0.5) is 0 Å². The van der Waals surface area contributed by atoms with Crippen molar-refractivity contribution in [3.05, 3.63) is 0 Å². The third-order valence-electron chi connectivity index (χ3n) is 2.97. The fourth-order valence-corrected chi connectivity index (χ4v) is 2.37. The van der Waals surface area contributed by atoms with E-state index in [9.17, 15) is 15.3 Å². The van der Waals surface area contributed by atoms with Crippen LogP contribution in [-0.4, -0.2) is 68.6 Å². The second-order valence-electron chi connectivity index (χ2n) is 4.45. The molecule has 0 radical (unpaired) electrons. The van der Waals surface area contributed by atoms with Crippen molar-refractivity contribution in [3.8, 4) is 11.8 Å². The Morgan fingerprint density at radius 1 is 1.15 bits per heavy atom. The summed E-state index contributed by atoms with van der Waals surface area (Å²) >= 11 is 0. The highest BCUT2D eigenvalue weighted by atomic mass is 31.2. The van der Waals surface area contributed by atoms with Crippen LogP contribution in [0.25, 0.3) is 0 Å². The lowest BCUT2D eigenvalue weighted by molar-refractivity contribution is -0.296. The van der Waals surface area contributed by atoms with E-state index in [1.165, 1.54) is 0 Å².